The fourth-order valence-corrected chi connectivity index (χ4v) is 5.70. The summed E-state index contributed by atoms with van der Waals surface area (Å²) in [7, 11) is -3.34. The second-order valence-corrected chi connectivity index (χ2v) is 8.97. The van der Waals surface area contributed by atoms with E-state index in [0.29, 0.717) is 32.7 Å². The maximum Gasteiger partial charge on any atom is 0.281 e. The largest absolute Gasteiger partial charge is 0.329 e. The van der Waals surface area contributed by atoms with Gasteiger partial charge in [0, 0.05) is 50.7 Å². The van der Waals surface area contributed by atoms with Gasteiger partial charge >= 0.3 is 0 Å². The van der Waals surface area contributed by atoms with Crippen molar-refractivity contribution in [3.05, 3.63) is 48.3 Å². The third-order valence-electron chi connectivity index (χ3n) is 5.27. The van der Waals surface area contributed by atoms with Gasteiger partial charge in [-0.1, -0.05) is 6.07 Å². The first kappa shape index (κ1) is 17.6. The van der Waals surface area contributed by atoms with Crippen LogP contribution in [0.1, 0.15) is 43.1 Å². The van der Waals surface area contributed by atoms with Crippen molar-refractivity contribution in [3.8, 4) is 0 Å². The van der Waals surface area contributed by atoms with Crippen molar-refractivity contribution in [2.45, 2.75) is 38.1 Å². The molecule has 2 fully saturated rings. The number of hydrogen-bond donors (Lipinski definition) is 0. The predicted octanol–water partition coefficient (Wildman–Crippen LogP) is 1.85. The molecule has 0 unspecified atom stereocenters. The minimum atomic E-state index is -3.34. The van der Waals surface area contributed by atoms with E-state index in [9.17, 15) is 8.42 Å². The topological polar surface area (TPSA) is 71.3 Å². The van der Waals surface area contributed by atoms with Gasteiger partial charge in [-0.05, 0) is 37.8 Å². The number of nitrogens with zero attached hydrogens (tertiary/aromatic N) is 5. The highest BCUT2D eigenvalue weighted by molar-refractivity contribution is 7.86. The Bertz CT molecular complexity index is 830. The Kier molecular flexibility index (Phi) is 5.06. The van der Waals surface area contributed by atoms with E-state index in [1.165, 1.54) is 0 Å². The second-order valence-electron chi connectivity index (χ2n) is 7.05. The summed E-state index contributed by atoms with van der Waals surface area (Å²) in [6.45, 7) is 3.08. The van der Waals surface area contributed by atoms with E-state index in [1.807, 2.05) is 24.4 Å². The second kappa shape index (κ2) is 7.46. The van der Waals surface area contributed by atoms with Crippen LogP contribution in [0.25, 0.3) is 0 Å². The third kappa shape index (κ3) is 3.54. The molecule has 4 rings (SSSR count). The Morgan fingerprint density at radius 3 is 2.58 bits per heavy atom. The molecule has 2 aliphatic heterocycles. The molecular formula is C18H25N5O2S. The van der Waals surface area contributed by atoms with Crippen LogP contribution in [-0.2, 0) is 16.8 Å². The lowest BCUT2D eigenvalue weighted by molar-refractivity contribution is 0.284. The zero-order valence-corrected chi connectivity index (χ0v) is 15.7. The summed E-state index contributed by atoms with van der Waals surface area (Å²) in [5, 5.41) is 0. The SMILES string of the molecule is O=S(=O)(N1CCCC1)N1CCC[C@H](c2nccn2Cc2ccccn2)C1. The number of piperidine rings is 1. The Hall–Kier alpha value is -1.77. The van der Waals surface area contributed by atoms with Crippen LogP contribution in [0.5, 0.6) is 0 Å². The Morgan fingerprint density at radius 2 is 1.81 bits per heavy atom. The van der Waals surface area contributed by atoms with Gasteiger partial charge in [0.05, 0.1) is 12.2 Å². The van der Waals surface area contributed by atoms with Crippen molar-refractivity contribution in [1.29, 1.82) is 0 Å². The summed E-state index contributed by atoms with van der Waals surface area (Å²) in [4.78, 5) is 8.93. The van der Waals surface area contributed by atoms with Crippen LogP contribution < -0.4 is 0 Å². The minimum Gasteiger partial charge on any atom is -0.329 e. The lowest BCUT2D eigenvalue weighted by Crippen LogP contribution is -2.46. The van der Waals surface area contributed by atoms with E-state index >= 15 is 0 Å². The van der Waals surface area contributed by atoms with E-state index in [2.05, 4.69) is 14.5 Å². The van der Waals surface area contributed by atoms with E-state index < -0.39 is 10.2 Å². The van der Waals surface area contributed by atoms with Gasteiger partial charge in [0.2, 0.25) is 0 Å². The molecule has 0 amide bonds. The minimum absolute atomic E-state index is 0.125. The van der Waals surface area contributed by atoms with Crippen LogP contribution in [0.3, 0.4) is 0 Å². The first-order chi connectivity index (χ1) is 12.6. The predicted molar refractivity (Wildman–Crippen MR) is 98.8 cm³/mol. The van der Waals surface area contributed by atoms with E-state index in [1.54, 1.807) is 21.0 Å². The van der Waals surface area contributed by atoms with Gasteiger partial charge in [-0.3, -0.25) is 4.98 Å². The molecule has 0 radical (unpaired) electrons. The van der Waals surface area contributed by atoms with Gasteiger partial charge in [0.25, 0.3) is 10.2 Å². The first-order valence-electron chi connectivity index (χ1n) is 9.31. The van der Waals surface area contributed by atoms with Crippen LogP contribution in [0.15, 0.2) is 36.8 Å². The van der Waals surface area contributed by atoms with Gasteiger partial charge in [-0.15, -0.1) is 0 Å². The van der Waals surface area contributed by atoms with E-state index in [-0.39, 0.29) is 5.92 Å². The number of pyridine rings is 1. The molecule has 0 bridgehead atoms. The van der Waals surface area contributed by atoms with Gasteiger partial charge in [0.1, 0.15) is 5.82 Å². The van der Waals surface area contributed by atoms with Crippen molar-refractivity contribution in [2.75, 3.05) is 26.2 Å². The van der Waals surface area contributed by atoms with Crippen LogP contribution >= 0.6 is 0 Å². The van der Waals surface area contributed by atoms with Gasteiger partial charge < -0.3 is 4.57 Å². The summed E-state index contributed by atoms with van der Waals surface area (Å²) in [6, 6.07) is 5.87. The Labute approximate surface area is 154 Å². The Morgan fingerprint density at radius 1 is 1.00 bits per heavy atom. The van der Waals surface area contributed by atoms with Crippen LogP contribution in [0, 0.1) is 0 Å². The molecule has 2 aromatic heterocycles. The standard InChI is InChI=1S/C18H25N5O2S/c24-26(25,22-10-3-4-11-22)23-12-5-6-16(14-23)18-20-9-13-21(18)15-17-7-1-2-8-19-17/h1-2,7-9,13,16H,3-6,10-12,14-15H2/t16-/m0/s1. The number of imidazole rings is 1. The molecule has 26 heavy (non-hydrogen) atoms. The highest BCUT2D eigenvalue weighted by atomic mass is 32.2. The smallest absolute Gasteiger partial charge is 0.281 e. The monoisotopic (exact) mass is 375 g/mol. The maximum atomic E-state index is 12.9. The average molecular weight is 375 g/mol. The Balaban J connectivity index is 1.51. The third-order valence-corrected chi connectivity index (χ3v) is 7.28. The zero-order chi connectivity index (χ0) is 18.0. The van der Waals surface area contributed by atoms with Gasteiger partial charge in [0.15, 0.2) is 0 Å². The molecule has 4 heterocycles. The lowest BCUT2D eigenvalue weighted by Gasteiger charge is -2.34. The fraction of sp³-hybridized carbons (Fsp3) is 0.556. The highest BCUT2D eigenvalue weighted by Gasteiger charge is 2.36. The summed E-state index contributed by atoms with van der Waals surface area (Å²) in [6.07, 6.45) is 9.30. The van der Waals surface area contributed by atoms with Crippen molar-refractivity contribution in [3.63, 3.8) is 0 Å². The number of aromatic nitrogens is 3. The van der Waals surface area contributed by atoms with Crippen LogP contribution in [-0.4, -0.2) is 57.7 Å². The summed E-state index contributed by atoms with van der Waals surface area (Å²) in [5.74, 6) is 1.08. The molecule has 0 spiro atoms. The van der Waals surface area contributed by atoms with E-state index in [4.69, 9.17) is 0 Å². The fourth-order valence-electron chi connectivity index (χ4n) is 3.93. The molecule has 2 saturated heterocycles. The molecule has 0 N–H and O–H groups in total. The van der Waals surface area contributed by atoms with E-state index in [0.717, 1.165) is 37.2 Å². The van der Waals surface area contributed by atoms with Crippen LogP contribution in [0.4, 0.5) is 0 Å². The van der Waals surface area contributed by atoms with Crippen LogP contribution in [0.2, 0.25) is 0 Å². The molecule has 1 atom stereocenters. The first-order valence-corrected chi connectivity index (χ1v) is 10.7. The summed E-state index contributed by atoms with van der Waals surface area (Å²) >= 11 is 0. The molecule has 140 valence electrons. The summed E-state index contributed by atoms with van der Waals surface area (Å²) in [5.41, 5.74) is 0.976. The van der Waals surface area contributed by atoms with Crippen molar-refractivity contribution < 1.29 is 8.42 Å². The molecule has 7 nitrogen and oxygen atoms in total. The quantitative estimate of drug-likeness (QED) is 0.800. The average Bonchev–Trinajstić information content (AvgIpc) is 3.35. The van der Waals surface area contributed by atoms with Gasteiger partial charge in [-0.2, -0.15) is 17.0 Å². The molecule has 2 aromatic rings. The zero-order valence-electron chi connectivity index (χ0n) is 14.9. The molecule has 8 heteroatoms. The molecule has 2 aliphatic rings. The van der Waals surface area contributed by atoms with Crippen molar-refractivity contribution in [1.82, 2.24) is 23.1 Å². The van der Waals surface area contributed by atoms with Crippen molar-refractivity contribution in [2.24, 2.45) is 0 Å². The molecule has 0 aliphatic carbocycles. The lowest BCUT2D eigenvalue weighted by atomic mass is 9.99. The maximum absolute atomic E-state index is 12.9. The molecule has 0 aromatic carbocycles. The van der Waals surface area contributed by atoms with Crippen molar-refractivity contribution >= 4 is 10.2 Å². The number of rotatable bonds is 5. The van der Waals surface area contributed by atoms with Gasteiger partial charge in [-0.25, -0.2) is 4.98 Å². The molecular weight excluding hydrogens is 350 g/mol. The normalized spacial score (nSPS) is 22.7. The summed E-state index contributed by atoms with van der Waals surface area (Å²) < 4.78 is 31.2. The molecule has 0 saturated carbocycles. The highest BCUT2D eigenvalue weighted by Crippen LogP contribution is 2.29. The number of hydrogen-bond acceptors (Lipinski definition) is 4.